The molecule has 1 fully saturated rings. The van der Waals surface area contributed by atoms with Crippen LogP contribution in [0.3, 0.4) is 0 Å². The molecule has 194 valence electrons. The Bertz CT molecular complexity index is 1290. The van der Waals surface area contributed by atoms with E-state index in [-0.39, 0.29) is 40.4 Å². The highest BCUT2D eigenvalue weighted by Crippen LogP contribution is 2.42. The Kier molecular flexibility index (Phi) is 7.04. The van der Waals surface area contributed by atoms with Crippen molar-refractivity contribution in [3.8, 4) is 17.2 Å². The summed E-state index contributed by atoms with van der Waals surface area (Å²) in [6.45, 7) is 8.83. The first-order chi connectivity index (χ1) is 17.1. The average Bonchev–Trinajstić information content (AvgIpc) is 3.17. The molecular formula is C27H34FN3O5. The van der Waals surface area contributed by atoms with Crippen LogP contribution in [0, 0.1) is 5.82 Å². The van der Waals surface area contributed by atoms with E-state index >= 15 is 4.39 Å². The third kappa shape index (κ3) is 4.55. The summed E-state index contributed by atoms with van der Waals surface area (Å²) in [5, 5.41) is 0.717. The number of nitrogens with zero attached hydrogens (tertiary/aromatic N) is 2. The number of Topliss-reactive ketones (excluding diaryl/α,β-unsaturated/α-hetero) is 1. The van der Waals surface area contributed by atoms with E-state index in [1.807, 2.05) is 12.1 Å². The Balaban J connectivity index is 1.77. The van der Waals surface area contributed by atoms with E-state index in [4.69, 9.17) is 24.7 Å². The van der Waals surface area contributed by atoms with Crippen molar-refractivity contribution in [2.24, 2.45) is 0 Å². The maximum absolute atomic E-state index is 15.2. The number of nitrogens with two attached hydrogens (primary N) is 1. The molecule has 3 aromatic rings. The fourth-order valence-electron chi connectivity index (χ4n) is 4.67. The standard InChI is InChI=1S/C27H34FN3O5/c1-27(2,3)18-11-16(12-19(24(18)34-5)30-7-9-36-10-8-30)20(32)15-31-14-17-13-21(33-4)25(35-6)23(28)22(17)26(31)29/h11-14H,7-10,15,29H2,1-6H3. The minimum atomic E-state index is -0.621. The van der Waals surface area contributed by atoms with Crippen LogP contribution in [-0.2, 0) is 16.7 Å². The van der Waals surface area contributed by atoms with Crippen LogP contribution in [0.25, 0.3) is 10.8 Å². The number of carbonyl (C=O) groups is 1. The van der Waals surface area contributed by atoms with Gasteiger partial charge in [-0.3, -0.25) is 4.79 Å². The Labute approximate surface area is 210 Å². The number of nitrogen functional groups attached to an aromatic ring is 1. The summed E-state index contributed by atoms with van der Waals surface area (Å²) in [6, 6.07) is 5.40. The summed E-state index contributed by atoms with van der Waals surface area (Å²) >= 11 is 0. The van der Waals surface area contributed by atoms with Crippen molar-refractivity contribution >= 4 is 28.1 Å². The van der Waals surface area contributed by atoms with Gasteiger partial charge in [-0.25, -0.2) is 4.39 Å². The zero-order valence-electron chi connectivity index (χ0n) is 21.7. The molecule has 0 atom stereocenters. The molecule has 2 aromatic carbocycles. The lowest BCUT2D eigenvalue weighted by molar-refractivity contribution is 0.0973. The second kappa shape index (κ2) is 9.89. The van der Waals surface area contributed by atoms with Gasteiger partial charge in [-0.05, 0) is 23.6 Å². The Morgan fingerprint density at radius 3 is 2.31 bits per heavy atom. The predicted octanol–water partition coefficient (Wildman–Crippen LogP) is 4.41. The summed E-state index contributed by atoms with van der Waals surface area (Å²) in [5.41, 5.74) is 8.38. The fourth-order valence-corrected chi connectivity index (χ4v) is 4.67. The quantitative estimate of drug-likeness (QED) is 0.482. The van der Waals surface area contributed by atoms with Crippen molar-refractivity contribution in [3.63, 3.8) is 0 Å². The monoisotopic (exact) mass is 499 g/mol. The number of fused-ring (bicyclic) bond motifs is 1. The second-order valence-electron chi connectivity index (χ2n) is 9.88. The van der Waals surface area contributed by atoms with Gasteiger partial charge in [-0.2, -0.15) is 0 Å². The molecule has 1 aliphatic rings. The van der Waals surface area contributed by atoms with Gasteiger partial charge in [0.25, 0.3) is 0 Å². The number of rotatable bonds is 7. The topological polar surface area (TPSA) is 88.2 Å². The van der Waals surface area contributed by atoms with Crippen molar-refractivity contribution in [3.05, 3.63) is 41.3 Å². The molecule has 0 radical (unpaired) electrons. The number of ketones is 1. The van der Waals surface area contributed by atoms with Crippen LogP contribution in [0.2, 0.25) is 0 Å². The number of halogens is 1. The molecule has 8 nitrogen and oxygen atoms in total. The summed E-state index contributed by atoms with van der Waals surface area (Å²) in [7, 11) is 4.46. The van der Waals surface area contributed by atoms with Crippen LogP contribution >= 0.6 is 0 Å². The van der Waals surface area contributed by atoms with E-state index in [0.717, 1.165) is 17.0 Å². The Morgan fingerprint density at radius 1 is 1.06 bits per heavy atom. The number of hydrogen-bond acceptors (Lipinski definition) is 7. The summed E-state index contributed by atoms with van der Waals surface area (Å²) in [6.07, 6.45) is 1.66. The van der Waals surface area contributed by atoms with E-state index in [2.05, 4.69) is 25.7 Å². The van der Waals surface area contributed by atoms with Gasteiger partial charge < -0.3 is 34.1 Å². The molecule has 1 saturated heterocycles. The predicted molar refractivity (Wildman–Crippen MR) is 138 cm³/mol. The molecule has 1 aliphatic heterocycles. The molecule has 1 aromatic heterocycles. The molecule has 0 bridgehead atoms. The van der Waals surface area contributed by atoms with Gasteiger partial charge >= 0.3 is 0 Å². The van der Waals surface area contributed by atoms with Crippen LogP contribution in [-0.4, -0.2) is 58.0 Å². The number of benzene rings is 2. The first kappa shape index (κ1) is 25.6. The molecule has 4 rings (SSSR count). The summed E-state index contributed by atoms with van der Waals surface area (Å²) in [4.78, 5) is 15.8. The van der Waals surface area contributed by atoms with E-state index in [1.165, 1.54) is 14.2 Å². The maximum atomic E-state index is 15.2. The first-order valence-corrected chi connectivity index (χ1v) is 11.9. The minimum Gasteiger partial charge on any atom is -0.494 e. The highest BCUT2D eigenvalue weighted by Gasteiger charge is 2.28. The van der Waals surface area contributed by atoms with Crippen molar-refractivity contribution in [1.29, 1.82) is 0 Å². The zero-order valence-corrected chi connectivity index (χ0v) is 21.7. The first-order valence-electron chi connectivity index (χ1n) is 11.9. The number of aromatic nitrogens is 1. The molecule has 2 heterocycles. The van der Waals surface area contributed by atoms with E-state index in [0.29, 0.717) is 37.3 Å². The molecule has 0 amide bonds. The normalized spacial score (nSPS) is 14.2. The highest BCUT2D eigenvalue weighted by molar-refractivity contribution is 6.00. The van der Waals surface area contributed by atoms with Crippen LogP contribution < -0.4 is 24.8 Å². The Morgan fingerprint density at radius 2 is 1.72 bits per heavy atom. The smallest absolute Gasteiger partial charge is 0.197 e. The summed E-state index contributed by atoms with van der Waals surface area (Å²) < 4.78 is 38.5. The highest BCUT2D eigenvalue weighted by atomic mass is 19.1. The number of ether oxygens (including phenoxy) is 4. The number of methoxy groups -OCH3 is 3. The lowest BCUT2D eigenvalue weighted by atomic mass is 9.84. The zero-order chi connectivity index (χ0) is 26.2. The maximum Gasteiger partial charge on any atom is 0.197 e. The van der Waals surface area contributed by atoms with Crippen molar-refractivity contribution in [1.82, 2.24) is 4.57 Å². The van der Waals surface area contributed by atoms with Crippen molar-refractivity contribution < 1.29 is 28.1 Å². The molecule has 0 spiro atoms. The molecule has 2 N–H and O–H groups in total. The molecule has 0 aliphatic carbocycles. The molecule has 9 heteroatoms. The fraction of sp³-hybridized carbons (Fsp3) is 0.444. The van der Waals surface area contributed by atoms with Gasteiger partial charge in [0, 0.05) is 35.8 Å². The Hall–Kier alpha value is -3.46. The van der Waals surface area contributed by atoms with Gasteiger partial charge in [-0.15, -0.1) is 0 Å². The molecule has 0 saturated carbocycles. The van der Waals surface area contributed by atoms with Gasteiger partial charge in [0.1, 0.15) is 11.6 Å². The van der Waals surface area contributed by atoms with E-state index in [9.17, 15) is 4.79 Å². The lowest BCUT2D eigenvalue weighted by Crippen LogP contribution is -2.37. The van der Waals surface area contributed by atoms with Gasteiger partial charge in [0.2, 0.25) is 0 Å². The largest absolute Gasteiger partial charge is 0.494 e. The lowest BCUT2D eigenvalue weighted by Gasteiger charge is -2.33. The van der Waals surface area contributed by atoms with Crippen LogP contribution in [0.5, 0.6) is 17.2 Å². The van der Waals surface area contributed by atoms with Crippen LogP contribution in [0.1, 0.15) is 36.7 Å². The van der Waals surface area contributed by atoms with Gasteiger partial charge in [0.05, 0.1) is 52.2 Å². The average molecular weight is 500 g/mol. The molecular weight excluding hydrogens is 465 g/mol. The van der Waals surface area contributed by atoms with Crippen molar-refractivity contribution in [2.75, 3.05) is 58.3 Å². The number of carbonyl (C=O) groups excluding carboxylic acids is 1. The third-order valence-electron chi connectivity index (χ3n) is 6.57. The number of anilines is 2. The summed E-state index contributed by atoms with van der Waals surface area (Å²) in [5.74, 6) is 0.365. The van der Waals surface area contributed by atoms with Gasteiger partial charge in [0.15, 0.2) is 23.1 Å². The third-order valence-corrected chi connectivity index (χ3v) is 6.57. The van der Waals surface area contributed by atoms with E-state index in [1.54, 1.807) is 23.9 Å². The van der Waals surface area contributed by atoms with Crippen LogP contribution in [0.4, 0.5) is 15.9 Å². The van der Waals surface area contributed by atoms with Crippen LogP contribution in [0.15, 0.2) is 24.4 Å². The van der Waals surface area contributed by atoms with Gasteiger partial charge in [-0.1, -0.05) is 20.8 Å². The van der Waals surface area contributed by atoms with E-state index < -0.39 is 5.82 Å². The van der Waals surface area contributed by atoms with Crippen molar-refractivity contribution in [2.45, 2.75) is 32.7 Å². The number of hydrogen-bond donors (Lipinski definition) is 1. The number of morpholine rings is 1. The SMILES string of the molecule is COc1cc2cn(CC(=O)c3cc(N4CCOCC4)c(OC)c(C(C)(C)C)c3)c(N)c2c(F)c1OC. The molecule has 0 unspecified atom stereocenters. The molecule has 36 heavy (non-hydrogen) atoms. The second-order valence-corrected chi connectivity index (χ2v) is 9.88. The minimum absolute atomic E-state index is 0.0269.